The van der Waals surface area contributed by atoms with Crippen LogP contribution in [0.4, 0.5) is 43.4 Å². The Morgan fingerprint density at radius 1 is 0.449 bits per heavy atom. The molecule has 9 aromatic rings. The summed E-state index contributed by atoms with van der Waals surface area (Å²) < 4.78 is 129. The fourth-order valence-electron chi connectivity index (χ4n) is 17.5. The molecule has 9 heterocycles. The second kappa shape index (κ2) is 39.1. The minimum Gasteiger partial charge on any atom is -0.493 e. The molecule has 6 aromatic carbocycles. The number of halogens is 6. The number of amides is 3. The van der Waals surface area contributed by atoms with E-state index in [2.05, 4.69) is 20.9 Å². The molecule has 127 heavy (non-hydrogen) atoms. The number of benzene rings is 6. The molecule has 0 radical (unpaired) electrons. The number of carbonyl (C=O) groups is 6. The van der Waals surface area contributed by atoms with Crippen LogP contribution in [0, 0.1) is 76.4 Å². The zero-order valence-corrected chi connectivity index (χ0v) is 74.0. The third-order valence-corrected chi connectivity index (χ3v) is 25.1. The molecule has 3 fully saturated rings. The molecule has 6 aliphatic rings. The molecule has 6 atom stereocenters. The number of aryl methyl sites for hydroxylation is 5. The number of Topliss-reactive ketones (excluding diaryl/α,β-unsaturated/α-hetero) is 3. The summed E-state index contributed by atoms with van der Waals surface area (Å²) in [5, 5.41) is 7.63. The molecule has 0 unspecified atom stereocenters. The summed E-state index contributed by atoms with van der Waals surface area (Å²) in [4.78, 5) is 127. The van der Waals surface area contributed by atoms with Crippen molar-refractivity contribution in [2.75, 3.05) is 80.6 Å². The molecule has 0 aliphatic carbocycles. The number of aromatic nitrogens is 4. The van der Waals surface area contributed by atoms with Gasteiger partial charge in [0.1, 0.15) is 63.0 Å². The van der Waals surface area contributed by atoms with Gasteiger partial charge in [0.05, 0.1) is 108 Å². The molecule has 0 saturated carbocycles. The zero-order chi connectivity index (χ0) is 91.6. The van der Waals surface area contributed by atoms with E-state index in [0.29, 0.717) is 125 Å². The van der Waals surface area contributed by atoms with Crippen molar-refractivity contribution in [1.82, 2.24) is 34.6 Å². The molecule has 3 amide bonds. The quantitative estimate of drug-likeness (QED) is 0.0564. The van der Waals surface area contributed by atoms with Crippen LogP contribution in [0.2, 0.25) is 0 Å². The van der Waals surface area contributed by atoms with E-state index in [1.165, 1.54) is 20.8 Å². The van der Waals surface area contributed by atoms with E-state index >= 15 is 26.3 Å². The Bertz CT molecular complexity index is 6000. The average molecular weight is 1750 g/mol. The number of morpholine rings is 3. The summed E-state index contributed by atoms with van der Waals surface area (Å²) in [6.45, 7) is 26.6. The Hall–Kier alpha value is -11.9. The lowest BCUT2D eigenvalue weighted by Crippen LogP contribution is -2.44. The van der Waals surface area contributed by atoms with Gasteiger partial charge in [-0.3, -0.25) is 43.2 Å². The molecule has 15 rings (SSSR count). The predicted molar refractivity (Wildman–Crippen MR) is 467 cm³/mol. The highest BCUT2D eigenvalue weighted by Gasteiger charge is 2.36. The number of hydrogen-bond donors (Lipinski definition) is 3. The van der Waals surface area contributed by atoms with Crippen molar-refractivity contribution in [1.29, 1.82) is 0 Å². The fourth-order valence-corrected chi connectivity index (χ4v) is 17.5. The number of nitrogens with one attached hydrogen (secondary N) is 3. The van der Waals surface area contributed by atoms with E-state index in [1.54, 1.807) is 53.2 Å². The van der Waals surface area contributed by atoms with E-state index in [9.17, 15) is 43.2 Å². The van der Waals surface area contributed by atoms with Gasteiger partial charge >= 0.3 is 0 Å². The number of nitrogens with zero attached hydrogens (tertiary/aromatic N) is 7. The van der Waals surface area contributed by atoms with Gasteiger partial charge in [0, 0.05) is 118 Å². The van der Waals surface area contributed by atoms with Gasteiger partial charge in [0.15, 0.2) is 17.3 Å². The molecule has 3 saturated heterocycles. The van der Waals surface area contributed by atoms with Crippen molar-refractivity contribution in [3.8, 4) is 39.3 Å². The molecule has 3 aromatic heterocycles. The van der Waals surface area contributed by atoms with E-state index in [0.717, 1.165) is 132 Å². The number of ketones is 3. The number of ether oxygens (including phenoxy) is 6. The third-order valence-electron chi connectivity index (χ3n) is 25.1. The lowest BCUT2D eigenvalue weighted by molar-refractivity contribution is -0.119. The standard InChI is InChI=1S/C32H36F2N4O5.2C32H35F2N3O5/c1-17-16-42-12-10-38(17)22-14-25(33)28(26(34)15-22)31(40)36-27(20(4)39)13-21-8-9-24(30-23(21)7-6-11-43-30)29-32(41)37(5)19(3)18(2)35-29;1-17-13-36(5)32(40)29(19(17)3)23-7-6-21(24-15-42-16-25(23)24)10-28(20(4)38)35-31(39)30-26(33)11-22(12-27(30)34)37-8-9-41-14-18(37)2;1-17-10-18(2)36(5)32(40)29(17)23-7-6-21(24-15-42-16-25(23)24)11-28(20(4)38)35-31(39)30-26(33)12-22(13-27(30)34)37-8-9-41-14-19(37)3/h8-9,14-15,17,27H,6-7,10-13,16H2,1-5H3,(H,36,40);6-7,11-13,18,28H,8-10,14-16H2,1-5H3,(H,35,39);6-7,10,12-13,19,28H,8-9,11,14-16H2,1-5H3,(H,35,39)/t17-,27-;18-,28-;19-,28-/m000/s1. The van der Waals surface area contributed by atoms with Gasteiger partial charge in [-0.25, -0.2) is 31.3 Å². The number of pyridine rings is 2. The Morgan fingerprint density at radius 3 is 1.22 bits per heavy atom. The molecular formula is C96H106F6N10O15. The van der Waals surface area contributed by atoms with Crippen LogP contribution >= 0.6 is 0 Å². The zero-order valence-electron chi connectivity index (χ0n) is 74.0. The van der Waals surface area contributed by atoms with E-state index in [-0.39, 0.29) is 90.3 Å². The Kier molecular flexibility index (Phi) is 28.6. The number of anilines is 3. The summed E-state index contributed by atoms with van der Waals surface area (Å²) in [7, 11) is 5.14. The molecule has 31 heteroatoms. The minimum atomic E-state index is -1.05. The molecule has 6 aliphatic heterocycles. The van der Waals surface area contributed by atoms with Gasteiger partial charge in [-0.15, -0.1) is 0 Å². The topological polar surface area (TPSA) is 282 Å². The van der Waals surface area contributed by atoms with Crippen LogP contribution in [0.5, 0.6) is 5.75 Å². The number of hydrogen-bond acceptors (Lipinski definition) is 19. The van der Waals surface area contributed by atoms with Crippen molar-refractivity contribution in [3.05, 3.63) is 246 Å². The van der Waals surface area contributed by atoms with Crippen LogP contribution in [-0.4, -0.2) is 156 Å². The summed E-state index contributed by atoms with van der Waals surface area (Å²) in [5.41, 5.74) is 13.4. The second-order valence-electron chi connectivity index (χ2n) is 33.6. The molecule has 0 spiro atoms. The van der Waals surface area contributed by atoms with Gasteiger partial charge in [0.2, 0.25) is 0 Å². The maximum absolute atomic E-state index is 15.2. The first-order chi connectivity index (χ1) is 60.4. The minimum absolute atomic E-state index is 0.0747. The monoisotopic (exact) mass is 1750 g/mol. The van der Waals surface area contributed by atoms with E-state index < -0.39 is 87.4 Å². The Morgan fingerprint density at radius 2 is 0.827 bits per heavy atom. The van der Waals surface area contributed by atoms with Crippen LogP contribution in [-0.2, 0) is 111 Å². The van der Waals surface area contributed by atoms with Crippen molar-refractivity contribution in [2.45, 2.75) is 178 Å². The van der Waals surface area contributed by atoms with Crippen molar-refractivity contribution in [3.63, 3.8) is 0 Å². The fraction of sp³-hybridized carbons (Fsp3) is 0.417. The van der Waals surface area contributed by atoms with Crippen molar-refractivity contribution >= 4 is 52.1 Å². The Labute approximate surface area is 731 Å². The van der Waals surface area contributed by atoms with Gasteiger partial charge in [-0.05, 0) is 217 Å². The number of rotatable bonds is 21. The van der Waals surface area contributed by atoms with Gasteiger partial charge in [-0.2, -0.15) is 0 Å². The van der Waals surface area contributed by atoms with Crippen molar-refractivity contribution in [2.24, 2.45) is 21.1 Å². The predicted octanol–water partition coefficient (Wildman–Crippen LogP) is 12.1. The summed E-state index contributed by atoms with van der Waals surface area (Å²) in [6, 6.07) is 16.3. The maximum Gasteiger partial charge on any atom is 0.277 e. The Balaban J connectivity index is 0.000000163. The van der Waals surface area contributed by atoms with Crippen LogP contribution in [0.25, 0.3) is 33.5 Å². The van der Waals surface area contributed by atoms with Crippen LogP contribution in [0.15, 0.2) is 99.4 Å². The summed E-state index contributed by atoms with van der Waals surface area (Å²) >= 11 is 0. The third kappa shape index (κ3) is 19.5. The molecular weight excluding hydrogens is 1650 g/mol. The second-order valence-corrected chi connectivity index (χ2v) is 33.6. The average Bonchev–Trinajstić information content (AvgIpc) is 1.73. The number of carbonyl (C=O) groups excluding carboxylic acids is 6. The lowest BCUT2D eigenvalue weighted by atomic mass is 9.89. The smallest absolute Gasteiger partial charge is 0.277 e. The van der Waals surface area contributed by atoms with E-state index in [4.69, 9.17) is 28.4 Å². The first-order valence-electron chi connectivity index (χ1n) is 42.5. The maximum atomic E-state index is 15.2. The molecule has 672 valence electrons. The SMILES string of the molecule is CC(=O)[C@H](Cc1ccc(-c2c(C)c(C)cn(C)c2=O)c2c1COC2)NC(=O)c1c(F)cc(N2CCOC[C@@H]2C)cc1F.CC(=O)[C@H](Cc1ccc(-c2c(C)cc(C)n(C)c2=O)c2c1COC2)NC(=O)c1c(F)cc(N2CCOC[C@@H]2C)cc1F.CC(=O)[C@H](Cc1ccc(-c2nc(C)c(C)n(C)c2=O)c2c1CCCO2)NC(=O)c1c(F)cc(N2CCOC[C@@H]2C)cc1F. The van der Waals surface area contributed by atoms with Gasteiger partial charge in [-0.1, -0.05) is 30.3 Å². The molecule has 3 N–H and O–H groups in total. The number of fused-ring (bicyclic) bond motifs is 3. The highest BCUT2D eigenvalue weighted by atomic mass is 19.2. The van der Waals surface area contributed by atoms with Crippen molar-refractivity contribution < 1.29 is 83.5 Å². The first kappa shape index (κ1) is 92.8. The summed E-state index contributed by atoms with van der Waals surface area (Å²) in [6.07, 6.45) is 3.44. The van der Waals surface area contributed by atoms with Crippen LogP contribution in [0.1, 0.15) is 157 Å². The molecule has 0 bridgehead atoms. The van der Waals surface area contributed by atoms with E-state index in [1.807, 2.05) is 107 Å². The van der Waals surface area contributed by atoms with Crippen LogP contribution in [0.3, 0.4) is 0 Å². The summed E-state index contributed by atoms with van der Waals surface area (Å²) in [5.74, 6) is -9.61. The highest BCUT2D eigenvalue weighted by molar-refractivity contribution is 6.00. The normalized spacial score (nSPS) is 17.2. The van der Waals surface area contributed by atoms with Gasteiger partial charge in [0.25, 0.3) is 34.4 Å². The molecule has 25 nitrogen and oxygen atoms in total. The van der Waals surface area contributed by atoms with Crippen LogP contribution < -0.4 is 52.1 Å². The first-order valence-corrected chi connectivity index (χ1v) is 42.5. The van der Waals surface area contributed by atoms with Gasteiger partial charge < -0.3 is 72.8 Å². The largest absolute Gasteiger partial charge is 0.493 e. The lowest BCUT2D eigenvalue weighted by Gasteiger charge is -2.35. The highest BCUT2D eigenvalue weighted by Crippen LogP contribution is 2.41.